The summed E-state index contributed by atoms with van der Waals surface area (Å²) in [6, 6.07) is 0. The van der Waals surface area contributed by atoms with Gasteiger partial charge in [0.2, 0.25) is 0 Å². The van der Waals surface area contributed by atoms with Crippen LogP contribution in [0.2, 0.25) is 19.6 Å². The van der Waals surface area contributed by atoms with Crippen molar-refractivity contribution in [1.29, 1.82) is 0 Å². The summed E-state index contributed by atoms with van der Waals surface area (Å²) < 4.78 is 0. The predicted octanol–water partition coefficient (Wildman–Crippen LogP) is 3.94. The van der Waals surface area contributed by atoms with E-state index in [2.05, 4.69) is 51.6 Å². The normalized spacial score (nSPS) is 22.9. The topological polar surface area (TPSA) is 0 Å². The quantitative estimate of drug-likeness (QED) is 0.626. The highest BCUT2D eigenvalue weighted by Crippen LogP contribution is 2.29. The lowest BCUT2D eigenvalue weighted by Gasteiger charge is -2.28. The van der Waals surface area contributed by atoms with E-state index in [9.17, 15) is 0 Å². The third-order valence-corrected chi connectivity index (χ3v) is 5.58. The lowest BCUT2D eigenvalue weighted by molar-refractivity contribution is 0.549. The van der Waals surface area contributed by atoms with Crippen LogP contribution in [0.3, 0.4) is 0 Å². The molecule has 0 nitrogen and oxygen atoms in total. The summed E-state index contributed by atoms with van der Waals surface area (Å²) in [4.78, 5) is 0. The highest BCUT2D eigenvalue weighted by Gasteiger charge is 2.30. The summed E-state index contributed by atoms with van der Waals surface area (Å²) in [5.41, 5.74) is 0. The van der Waals surface area contributed by atoms with Crippen molar-refractivity contribution < 1.29 is 0 Å². The van der Waals surface area contributed by atoms with Crippen LogP contribution in [0, 0.1) is 11.8 Å². The van der Waals surface area contributed by atoms with Gasteiger partial charge in [0.1, 0.15) is 0 Å². The van der Waals surface area contributed by atoms with Crippen molar-refractivity contribution in [3.05, 3.63) is 23.2 Å². The van der Waals surface area contributed by atoms with Crippen molar-refractivity contribution in [2.24, 2.45) is 11.8 Å². The molecule has 1 rings (SSSR count). The molecule has 78 valence electrons. The Morgan fingerprint density at radius 1 is 1.36 bits per heavy atom. The molecule has 0 aliphatic carbocycles. The Morgan fingerprint density at radius 2 is 1.93 bits per heavy atom. The van der Waals surface area contributed by atoms with Gasteiger partial charge in [-0.1, -0.05) is 56.7 Å². The monoisotopic (exact) mass is 226 g/mol. The van der Waals surface area contributed by atoms with Gasteiger partial charge in [0.05, 0.1) is 8.07 Å². The maximum atomic E-state index is 6.32. The molecule has 1 heterocycles. The van der Waals surface area contributed by atoms with Gasteiger partial charge in [-0.25, -0.2) is 0 Å². The minimum atomic E-state index is -1.23. The highest BCUT2D eigenvalue weighted by atomic mass is 35.5. The van der Waals surface area contributed by atoms with Crippen molar-refractivity contribution in [2.75, 3.05) is 0 Å². The average Bonchev–Trinajstić information content (AvgIpc) is 2.02. The molecule has 3 heteroatoms. The molecule has 0 amide bonds. The fraction of sp³-hybridized carbons (Fsp3) is 0.636. The second-order valence-electron chi connectivity index (χ2n) is 5.48. The van der Waals surface area contributed by atoms with E-state index in [1.807, 2.05) is 0 Å². The second-order valence-corrected chi connectivity index (χ2v) is 11.0. The van der Waals surface area contributed by atoms with Crippen LogP contribution in [0.1, 0.15) is 13.8 Å². The van der Waals surface area contributed by atoms with E-state index >= 15 is 0 Å². The van der Waals surface area contributed by atoms with Crippen molar-refractivity contribution in [3.8, 4) is 0 Å². The van der Waals surface area contributed by atoms with E-state index in [0.29, 0.717) is 11.8 Å². The molecular weight excluding hydrogens is 206 g/mol. The number of halogens is 1. The fourth-order valence-electron chi connectivity index (χ4n) is 1.76. The summed E-state index contributed by atoms with van der Waals surface area (Å²) in [6.07, 6.45) is 4.82. The Labute approximate surface area is 94.4 Å². The Bertz CT molecular complexity index is 263. The van der Waals surface area contributed by atoms with Crippen LogP contribution in [-0.2, 0) is 0 Å². The van der Waals surface area contributed by atoms with Gasteiger partial charge < -0.3 is 0 Å². The number of hydrogen-bond donors (Lipinski definition) is 0. The van der Waals surface area contributed by atoms with Gasteiger partial charge in [-0.15, -0.1) is 0 Å². The Balaban J connectivity index is 2.92. The summed E-state index contributed by atoms with van der Waals surface area (Å²) in [5.74, 6) is 3.44. The van der Waals surface area contributed by atoms with Crippen LogP contribution >= 0.6 is 11.5 Å². The highest BCUT2D eigenvalue weighted by molar-refractivity contribution is 7.21. The van der Waals surface area contributed by atoms with E-state index in [4.69, 9.17) is 11.5 Å². The lowest BCUT2D eigenvalue weighted by Crippen LogP contribution is -2.34. The molecule has 14 heavy (non-hydrogen) atoms. The molecule has 0 spiro atoms. The molecular formula is C11H20BClSi. The van der Waals surface area contributed by atoms with Gasteiger partial charge >= 0.3 is 0 Å². The first kappa shape index (κ1) is 12.1. The first-order valence-electron chi connectivity index (χ1n) is 5.37. The van der Waals surface area contributed by atoms with Crippen LogP contribution in [0.15, 0.2) is 23.2 Å². The smallest absolute Gasteiger partial charge is 0.183 e. The minimum absolute atomic E-state index is 0.150. The number of allylic oxidation sites excluding steroid dienone is 2. The van der Waals surface area contributed by atoms with Crippen molar-refractivity contribution in [1.82, 2.24) is 0 Å². The maximum Gasteiger partial charge on any atom is 0.299 e. The molecule has 0 N–H and O–H groups in total. The van der Waals surface area contributed by atoms with E-state index in [-0.39, 0.29) is 6.13 Å². The average molecular weight is 227 g/mol. The van der Waals surface area contributed by atoms with Crippen LogP contribution in [0.4, 0.5) is 0 Å². The van der Waals surface area contributed by atoms with E-state index < -0.39 is 8.07 Å². The molecule has 0 bridgehead atoms. The van der Waals surface area contributed by atoms with E-state index in [1.165, 1.54) is 5.10 Å². The van der Waals surface area contributed by atoms with E-state index in [0.717, 1.165) is 0 Å². The molecule has 1 atom stereocenters. The van der Waals surface area contributed by atoms with Gasteiger partial charge in [-0.3, -0.25) is 0 Å². The van der Waals surface area contributed by atoms with Gasteiger partial charge in [0.15, 0.2) is 0 Å². The predicted molar refractivity (Wildman–Crippen MR) is 70.5 cm³/mol. The molecule has 1 aliphatic heterocycles. The molecule has 0 aromatic rings. The zero-order valence-electron chi connectivity index (χ0n) is 9.84. The molecule has 0 aromatic heterocycles. The minimum Gasteiger partial charge on any atom is -0.183 e. The third-order valence-electron chi connectivity index (χ3n) is 2.81. The van der Waals surface area contributed by atoms with Gasteiger partial charge in [-0.2, -0.15) is 11.5 Å². The van der Waals surface area contributed by atoms with Crippen molar-refractivity contribution >= 4 is 25.7 Å². The molecule has 0 radical (unpaired) electrons. The third kappa shape index (κ3) is 2.77. The zero-order chi connectivity index (χ0) is 10.9. The molecule has 1 aliphatic rings. The standard InChI is InChI=1S/C11H20BClSi/c1-9(2)10-6-7-12(13)11(8-10)14(3,4)5/h6-10H,1-5H3. The largest absolute Gasteiger partial charge is 0.299 e. The van der Waals surface area contributed by atoms with E-state index in [1.54, 1.807) is 0 Å². The lowest BCUT2D eigenvalue weighted by atomic mass is 9.69. The molecule has 0 fully saturated rings. The van der Waals surface area contributed by atoms with Gasteiger partial charge in [0.25, 0.3) is 6.13 Å². The SMILES string of the molecule is CC(C)C1C=CB(Cl)C([Si](C)(C)C)=C1. The first-order valence-corrected chi connectivity index (χ1v) is 9.30. The van der Waals surface area contributed by atoms with Crippen molar-refractivity contribution in [2.45, 2.75) is 33.5 Å². The Hall–Kier alpha value is 0.0518. The molecule has 0 aromatic carbocycles. The number of rotatable bonds is 2. The Kier molecular flexibility index (Phi) is 3.70. The summed E-state index contributed by atoms with van der Waals surface area (Å²) in [7, 11) is -1.23. The van der Waals surface area contributed by atoms with Crippen LogP contribution in [0.5, 0.6) is 0 Å². The van der Waals surface area contributed by atoms with Gasteiger partial charge in [-0.05, 0) is 11.8 Å². The van der Waals surface area contributed by atoms with Crippen LogP contribution < -0.4 is 0 Å². The second kappa shape index (κ2) is 4.28. The summed E-state index contributed by atoms with van der Waals surface area (Å²) >= 11 is 6.32. The first-order chi connectivity index (χ1) is 6.32. The molecule has 0 saturated carbocycles. The summed E-state index contributed by atoms with van der Waals surface area (Å²) in [5, 5.41) is 1.50. The molecule has 1 unspecified atom stereocenters. The van der Waals surface area contributed by atoms with Crippen LogP contribution in [0.25, 0.3) is 0 Å². The zero-order valence-corrected chi connectivity index (χ0v) is 11.6. The van der Waals surface area contributed by atoms with Gasteiger partial charge in [0, 0.05) is 0 Å². The van der Waals surface area contributed by atoms with Crippen molar-refractivity contribution in [3.63, 3.8) is 0 Å². The summed E-state index contributed by atoms with van der Waals surface area (Å²) in [6.45, 7) is 11.6. The number of hydrogen-bond acceptors (Lipinski definition) is 0. The van der Waals surface area contributed by atoms with Crippen LogP contribution in [-0.4, -0.2) is 14.2 Å². The maximum absolute atomic E-state index is 6.32. The Morgan fingerprint density at radius 3 is 2.36 bits per heavy atom. The molecule has 0 saturated heterocycles. The fourth-order valence-corrected chi connectivity index (χ4v) is 4.52.